The van der Waals surface area contributed by atoms with E-state index in [1.165, 1.54) is 4.31 Å². The molecule has 1 rings (SSSR count). The number of hydrogen-bond donors (Lipinski definition) is 0. The van der Waals surface area contributed by atoms with Gasteiger partial charge in [0.2, 0.25) is 10.0 Å². The number of methoxy groups -OCH3 is 2. The first kappa shape index (κ1) is 19.1. The third-order valence-corrected chi connectivity index (χ3v) is 5.21. The van der Waals surface area contributed by atoms with Crippen molar-refractivity contribution < 1.29 is 17.9 Å². The first-order valence-corrected chi connectivity index (χ1v) is 8.92. The lowest BCUT2D eigenvalue weighted by molar-refractivity contribution is 0.150. The van der Waals surface area contributed by atoms with Gasteiger partial charge in [0.1, 0.15) is 0 Å². The van der Waals surface area contributed by atoms with Crippen molar-refractivity contribution >= 4 is 10.0 Å². The quantitative estimate of drug-likeness (QED) is 0.660. The zero-order valence-electron chi connectivity index (χ0n) is 13.9. The summed E-state index contributed by atoms with van der Waals surface area (Å²) in [5, 5.41) is 0. The molecule has 6 heteroatoms. The molecule has 1 aromatic carbocycles. The Morgan fingerprint density at radius 3 is 1.91 bits per heavy atom. The fourth-order valence-electron chi connectivity index (χ4n) is 2.16. The van der Waals surface area contributed by atoms with Gasteiger partial charge in [-0.2, -0.15) is 4.31 Å². The highest BCUT2D eigenvalue weighted by atomic mass is 32.2. The molecule has 0 aliphatic carbocycles. The largest absolute Gasteiger partial charge is 0.383 e. The van der Waals surface area contributed by atoms with Crippen LogP contribution in [0.2, 0.25) is 0 Å². The number of sulfonamides is 1. The Hall–Kier alpha value is -0.950. The summed E-state index contributed by atoms with van der Waals surface area (Å²) in [4.78, 5) is 0.312. The predicted molar refractivity (Wildman–Crippen MR) is 87.5 cm³/mol. The molecule has 0 bridgehead atoms. The summed E-state index contributed by atoms with van der Waals surface area (Å²) in [6, 6.07) is 7.13. The number of hydrogen-bond acceptors (Lipinski definition) is 4. The Labute approximate surface area is 134 Å². The van der Waals surface area contributed by atoms with Crippen molar-refractivity contribution in [2.45, 2.75) is 25.2 Å². The third-order valence-electron chi connectivity index (χ3n) is 3.29. The molecule has 0 aliphatic rings. The molecule has 22 heavy (non-hydrogen) atoms. The molecule has 0 amide bonds. The highest BCUT2D eigenvalue weighted by molar-refractivity contribution is 7.89. The van der Waals surface area contributed by atoms with E-state index in [9.17, 15) is 8.42 Å². The third kappa shape index (κ3) is 5.68. The zero-order chi connectivity index (χ0) is 16.6. The van der Waals surface area contributed by atoms with Gasteiger partial charge in [-0.1, -0.05) is 26.0 Å². The van der Waals surface area contributed by atoms with Crippen LogP contribution in [-0.4, -0.2) is 53.2 Å². The van der Waals surface area contributed by atoms with Gasteiger partial charge in [-0.25, -0.2) is 8.42 Å². The maximum absolute atomic E-state index is 12.7. The molecule has 1 aromatic rings. The van der Waals surface area contributed by atoms with Crippen LogP contribution in [0, 0.1) is 5.92 Å². The molecule has 0 N–H and O–H groups in total. The summed E-state index contributed by atoms with van der Waals surface area (Å²) >= 11 is 0. The van der Waals surface area contributed by atoms with Crippen LogP contribution in [0.1, 0.15) is 19.4 Å². The Kier molecular flexibility index (Phi) is 8.03. The van der Waals surface area contributed by atoms with Crippen LogP contribution < -0.4 is 0 Å². The lowest BCUT2D eigenvalue weighted by Gasteiger charge is -2.21. The first-order valence-electron chi connectivity index (χ1n) is 7.48. The van der Waals surface area contributed by atoms with Crippen molar-refractivity contribution in [3.05, 3.63) is 29.8 Å². The molecule has 5 nitrogen and oxygen atoms in total. The second-order valence-electron chi connectivity index (χ2n) is 5.63. The fraction of sp³-hybridized carbons (Fsp3) is 0.625. The van der Waals surface area contributed by atoms with E-state index in [-0.39, 0.29) is 0 Å². The van der Waals surface area contributed by atoms with Crippen LogP contribution in [-0.2, 0) is 25.9 Å². The molecule has 126 valence electrons. The van der Waals surface area contributed by atoms with Crippen LogP contribution in [0.5, 0.6) is 0 Å². The average Bonchev–Trinajstić information content (AvgIpc) is 2.47. The minimum Gasteiger partial charge on any atom is -0.383 e. The topological polar surface area (TPSA) is 55.8 Å². The highest BCUT2D eigenvalue weighted by Gasteiger charge is 2.23. The Bertz CT molecular complexity index is 518. The van der Waals surface area contributed by atoms with Crippen LogP contribution >= 0.6 is 0 Å². The first-order chi connectivity index (χ1) is 10.4. The van der Waals surface area contributed by atoms with E-state index in [1.807, 2.05) is 12.1 Å². The maximum atomic E-state index is 12.7. The van der Waals surface area contributed by atoms with E-state index in [4.69, 9.17) is 9.47 Å². The summed E-state index contributed by atoms with van der Waals surface area (Å²) in [5.74, 6) is 0.544. The molecule has 0 aliphatic heterocycles. The van der Waals surface area contributed by atoms with Gasteiger partial charge in [0.15, 0.2) is 0 Å². The molecule has 0 radical (unpaired) electrons. The van der Waals surface area contributed by atoms with Gasteiger partial charge < -0.3 is 9.47 Å². The smallest absolute Gasteiger partial charge is 0.243 e. The normalized spacial score (nSPS) is 12.3. The predicted octanol–water partition coefficient (Wildman–Crippen LogP) is 2.17. The Morgan fingerprint density at radius 2 is 1.50 bits per heavy atom. The Balaban J connectivity index is 2.92. The van der Waals surface area contributed by atoms with Gasteiger partial charge in [0.05, 0.1) is 18.1 Å². The van der Waals surface area contributed by atoms with Crippen molar-refractivity contribution in [1.82, 2.24) is 4.31 Å². The van der Waals surface area contributed by atoms with Crippen LogP contribution in [0.15, 0.2) is 29.2 Å². The monoisotopic (exact) mass is 329 g/mol. The minimum absolute atomic E-state index is 0.312. The molecule has 0 heterocycles. The van der Waals surface area contributed by atoms with E-state index in [2.05, 4.69) is 13.8 Å². The summed E-state index contributed by atoms with van der Waals surface area (Å²) < 4.78 is 36.8. The maximum Gasteiger partial charge on any atom is 0.243 e. The van der Waals surface area contributed by atoms with Crippen molar-refractivity contribution in [3.63, 3.8) is 0 Å². The van der Waals surface area contributed by atoms with Gasteiger partial charge in [-0.3, -0.25) is 0 Å². The number of ether oxygens (including phenoxy) is 2. The molecule has 0 saturated carbocycles. The Morgan fingerprint density at radius 1 is 1.00 bits per heavy atom. The summed E-state index contributed by atoms with van der Waals surface area (Å²) in [6.07, 6.45) is 0.942. The van der Waals surface area contributed by atoms with Crippen molar-refractivity contribution in [3.8, 4) is 0 Å². The van der Waals surface area contributed by atoms with E-state index in [1.54, 1.807) is 26.4 Å². The summed E-state index contributed by atoms with van der Waals surface area (Å²) in [7, 11) is -0.403. The number of benzene rings is 1. The van der Waals surface area contributed by atoms with Crippen molar-refractivity contribution in [2.24, 2.45) is 5.92 Å². The molecule has 0 unspecified atom stereocenters. The zero-order valence-corrected chi connectivity index (χ0v) is 14.7. The number of rotatable bonds is 10. The fourth-order valence-corrected chi connectivity index (χ4v) is 3.56. The van der Waals surface area contributed by atoms with Gasteiger partial charge in [0.25, 0.3) is 0 Å². The molecule has 0 fully saturated rings. The second kappa shape index (κ2) is 9.25. The summed E-state index contributed by atoms with van der Waals surface area (Å²) in [5.41, 5.74) is 1.15. The minimum atomic E-state index is -3.52. The van der Waals surface area contributed by atoms with Crippen LogP contribution in [0.4, 0.5) is 0 Å². The lowest BCUT2D eigenvalue weighted by atomic mass is 10.0. The average molecular weight is 329 g/mol. The molecule has 0 atom stereocenters. The van der Waals surface area contributed by atoms with E-state index in [0.717, 1.165) is 12.0 Å². The molecule has 0 aromatic heterocycles. The molecule has 0 spiro atoms. The van der Waals surface area contributed by atoms with Crippen LogP contribution in [0.3, 0.4) is 0 Å². The molecular formula is C16H27NO4S. The SMILES string of the molecule is COCCN(CCOC)S(=O)(=O)c1ccc(CC(C)C)cc1. The van der Waals surface area contributed by atoms with Crippen molar-refractivity contribution in [1.29, 1.82) is 0 Å². The van der Waals surface area contributed by atoms with Gasteiger partial charge in [-0.15, -0.1) is 0 Å². The lowest BCUT2D eigenvalue weighted by Crippen LogP contribution is -2.36. The van der Waals surface area contributed by atoms with Gasteiger partial charge >= 0.3 is 0 Å². The van der Waals surface area contributed by atoms with E-state index in [0.29, 0.717) is 37.1 Å². The van der Waals surface area contributed by atoms with Crippen molar-refractivity contribution in [2.75, 3.05) is 40.5 Å². The summed E-state index contributed by atoms with van der Waals surface area (Å²) in [6.45, 7) is 5.62. The van der Waals surface area contributed by atoms with E-state index < -0.39 is 10.0 Å². The standard InChI is InChI=1S/C16H27NO4S/c1-14(2)13-15-5-7-16(8-6-15)22(18,19)17(9-11-20-3)10-12-21-4/h5-8,14H,9-13H2,1-4H3. The molecule has 0 saturated heterocycles. The van der Waals surface area contributed by atoms with Gasteiger partial charge in [0, 0.05) is 27.3 Å². The molecular weight excluding hydrogens is 302 g/mol. The number of nitrogens with zero attached hydrogens (tertiary/aromatic N) is 1. The van der Waals surface area contributed by atoms with Crippen LogP contribution in [0.25, 0.3) is 0 Å². The van der Waals surface area contributed by atoms with E-state index >= 15 is 0 Å². The second-order valence-corrected chi connectivity index (χ2v) is 7.57. The van der Waals surface area contributed by atoms with Gasteiger partial charge in [-0.05, 0) is 30.0 Å². The highest BCUT2D eigenvalue weighted by Crippen LogP contribution is 2.17.